The van der Waals surface area contributed by atoms with Crippen molar-refractivity contribution in [3.63, 3.8) is 0 Å². The van der Waals surface area contributed by atoms with Gasteiger partial charge in [-0.1, -0.05) is 29.8 Å². The van der Waals surface area contributed by atoms with E-state index in [2.05, 4.69) is 25.9 Å². The third-order valence-electron chi connectivity index (χ3n) is 4.59. The number of carbonyl (C=O) groups is 1. The van der Waals surface area contributed by atoms with Gasteiger partial charge in [0.1, 0.15) is 17.8 Å². The molecule has 0 aliphatic rings. The SMILES string of the molecule is CCNC(=NCc1coc(-c2ccc(C)cc2)n1)NCCNC(=O)Cc1cccc(F)c1. The predicted molar refractivity (Wildman–Crippen MR) is 123 cm³/mol. The van der Waals surface area contributed by atoms with Crippen molar-refractivity contribution in [3.05, 3.63) is 77.4 Å². The summed E-state index contributed by atoms with van der Waals surface area (Å²) >= 11 is 0. The van der Waals surface area contributed by atoms with Crippen LogP contribution in [0.1, 0.15) is 23.7 Å². The molecule has 0 aliphatic carbocycles. The molecule has 8 heteroatoms. The first-order valence-electron chi connectivity index (χ1n) is 10.6. The van der Waals surface area contributed by atoms with E-state index in [1.54, 1.807) is 18.4 Å². The van der Waals surface area contributed by atoms with Gasteiger partial charge in [0, 0.05) is 25.2 Å². The molecule has 0 fully saturated rings. The van der Waals surface area contributed by atoms with Gasteiger partial charge in [-0.3, -0.25) is 4.79 Å². The van der Waals surface area contributed by atoms with Gasteiger partial charge in [-0.05, 0) is 43.7 Å². The van der Waals surface area contributed by atoms with Gasteiger partial charge in [0.15, 0.2) is 5.96 Å². The van der Waals surface area contributed by atoms with Crippen LogP contribution >= 0.6 is 0 Å². The van der Waals surface area contributed by atoms with Crippen molar-refractivity contribution in [1.29, 1.82) is 0 Å². The standard InChI is InChI=1S/C24H28FN5O2/c1-3-26-24(28-12-11-27-22(31)14-18-5-4-6-20(25)13-18)29-15-21-16-32-23(30-21)19-9-7-17(2)8-10-19/h4-10,13,16H,3,11-12,14-15H2,1-2H3,(H,27,31)(H2,26,28,29). The Morgan fingerprint density at radius 2 is 1.88 bits per heavy atom. The summed E-state index contributed by atoms with van der Waals surface area (Å²) in [6, 6.07) is 14.0. The molecule has 0 aliphatic heterocycles. The lowest BCUT2D eigenvalue weighted by molar-refractivity contribution is -0.120. The number of hydrogen-bond donors (Lipinski definition) is 3. The van der Waals surface area contributed by atoms with Crippen LogP contribution in [0.5, 0.6) is 0 Å². The van der Waals surface area contributed by atoms with E-state index < -0.39 is 0 Å². The molecule has 0 bridgehead atoms. The molecule has 0 radical (unpaired) electrons. The number of aryl methyl sites for hydroxylation is 1. The Morgan fingerprint density at radius 3 is 2.62 bits per heavy atom. The van der Waals surface area contributed by atoms with Gasteiger partial charge in [0.2, 0.25) is 11.8 Å². The highest BCUT2D eigenvalue weighted by Crippen LogP contribution is 2.19. The fourth-order valence-corrected chi connectivity index (χ4v) is 2.99. The number of benzene rings is 2. The van der Waals surface area contributed by atoms with Crippen LogP contribution in [0.2, 0.25) is 0 Å². The smallest absolute Gasteiger partial charge is 0.226 e. The van der Waals surface area contributed by atoms with Gasteiger partial charge in [-0.15, -0.1) is 0 Å². The number of rotatable bonds is 9. The number of halogens is 1. The number of hydrogen-bond acceptors (Lipinski definition) is 4. The number of nitrogens with one attached hydrogen (secondary N) is 3. The summed E-state index contributed by atoms with van der Waals surface area (Å²) in [6.07, 6.45) is 1.75. The molecule has 32 heavy (non-hydrogen) atoms. The molecule has 0 unspecified atom stereocenters. The fraction of sp³-hybridized carbons (Fsp3) is 0.292. The summed E-state index contributed by atoms with van der Waals surface area (Å²) in [4.78, 5) is 21.0. The van der Waals surface area contributed by atoms with Gasteiger partial charge in [-0.25, -0.2) is 14.4 Å². The summed E-state index contributed by atoms with van der Waals surface area (Å²) in [5.41, 5.74) is 3.46. The molecule has 1 heterocycles. The molecule has 168 valence electrons. The summed E-state index contributed by atoms with van der Waals surface area (Å²) in [7, 11) is 0. The topological polar surface area (TPSA) is 91.6 Å². The molecule has 0 atom stereocenters. The van der Waals surface area contributed by atoms with Crippen molar-refractivity contribution in [3.8, 4) is 11.5 Å². The molecule has 7 nitrogen and oxygen atoms in total. The maximum atomic E-state index is 13.2. The lowest BCUT2D eigenvalue weighted by atomic mass is 10.1. The summed E-state index contributed by atoms with van der Waals surface area (Å²) in [5.74, 6) is 0.674. The zero-order chi connectivity index (χ0) is 22.8. The monoisotopic (exact) mass is 437 g/mol. The molecule has 3 rings (SSSR count). The molecule has 3 aromatic rings. The number of oxazole rings is 1. The van der Waals surface area contributed by atoms with Crippen LogP contribution in [0.3, 0.4) is 0 Å². The van der Waals surface area contributed by atoms with E-state index in [1.165, 1.54) is 17.7 Å². The Labute approximate surface area is 187 Å². The van der Waals surface area contributed by atoms with Gasteiger partial charge in [0.05, 0.1) is 13.0 Å². The van der Waals surface area contributed by atoms with Crippen LogP contribution in [-0.2, 0) is 17.8 Å². The predicted octanol–water partition coefficient (Wildman–Crippen LogP) is 3.20. The highest BCUT2D eigenvalue weighted by Gasteiger charge is 2.07. The molecule has 1 amide bonds. The van der Waals surface area contributed by atoms with Gasteiger partial charge in [0.25, 0.3) is 0 Å². The normalized spacial score (nSPS) is 11.3. The first-order chi connectivity index (χ1) is 15.5. The Bertz CT molecular complexity index is 1050. The molecule has 1 aromatic heterocycles. The van der Waals surface area contributed by atoms with Crippen LogP contribution in [0.15, 0.2) is 64.2 Å². The van der Waals surface area contributed by atoms with E-state index in [0.29, 0.717) is 43.6 Å². The molecule has 0 saturated carbocycles. The van der Waals surface area contributed by atoms with Crippen molar-refractivity contribution in [2.45, 2.75) is 26.8 Å². The van der Waals surface area contributed by atoms with E-state index in [1.807, 2.05) is 38.1 Å². The number of aliphatic imine (C=N–C) groups is 1. The first-order valence-corrected chi connectivity index (χ1v) is 10.6. The van der Waals surface area contributed by atoms with Gasteiger partial charge < -0.3 is 20.4 Å². The average molecular weight is 438 g/mol. The lowest BCUT2D eigenvalue weighted by Crippen LogP contribution is -2.41. The van der Waals surface area contributed by atoms with E-state index >= 15 is 0 Å². The number of guanidine groups is 1. The second-order valence-electron chi connectivity index (χ2n) is 7.29. The maximum absolute atomic E-state index is 13.2. The molecule has 2 aromatic carbocycles. The second kappa shape index (κ2) is 11.6. The van der Waals surface area contributed by atoms with Gasteiger partial charge in [-0.2, -0.15) is 0 Å². The molecular weight excluding hydrogens is 409 g/mol. The molecule has 3 N–H and O–H groups in total. The first kappa shape index (κ1) is 23.0. The minimum absolute atomic E-state index is 0.140. The molecule has 0 spiro atoms. The van der Waals surface area contributed by atoms with E-state index in [9.17, 15) is 9.18 Å². The largest absolute Gasteiger partial charge is 0.444 e. The van der Waals surface area contributed by atoms with Crippen molar-refractivity contribution < 1.29 is 13.6 Å². The molecular formula is C24H28FN5O2. The minimum Gasteiger partial charge on any atom is -0.444 e. The Kier molecular flexibility index (Phi) is 8.36. The van der Waals surface area contributed by atoms with E-state index in [-0.39, 0.29) is 18.1 Å². The number of carbonyl (C=O) groups excluding carboxylic acids is 1. The van der Waals surface area contributed by atoms with Crippen molar-refractivity contribution >= 4 is 11.9 Å². The number of amides is 1. The van der Waals surface area contributed by atoms with Crippen LogP contribution in [-0.4, -0.2) is 36.5 Å². The van der Waals surface area contributed by atoms with Gasteiger partial charge >= 0.3 is 0 Å². The van der Waals surface area contributed by atoms with E-state index in [0.717, 1.165) is 11.3 Å². The van der Waals surface area contributed by atoms with E-state index in [4.69, 9.17) is 4.42 Å². The number of nitrogens with zero attached hydrogens (tertiary/aromatic N) is 2. The van der Waals surface area contributed by atoms with Crippen molar-refractivity contribution in [1.82, 2.24) is 20.9 Å². The Morgan fingerprint density at radius 1 is 1.09 bits per heavy atom. The van der Waals surface area contributed by atoms with Crippen LogP contribution < -0.4 is 16.0 Å². The Hall–Kier alpha value is -3.68. The summed E-state index contributed by atoms with van der Waals surface area (Å²) < 4.78 is 18.8. The van der Waals surface area contributed by atoms with Crippen LogP contribution in [0.4, 0.5) is 4.39 Å². The number of aromatic nitrogens is 1. The summed E-state index contributed by atoms with van der Waals surface area (Å²) in [5, 5.41) is 9.14. The zero-order valence-corrected chi connectivity index (χ0v) is 18.3. The molecule has 0 saturated heterocycles. The highest BCUT2D eigenvalue weighted by atomic mass is 19.1. The van der Waals surface area contributed by atoms with Crippen molar-refractivity contribution in [2.75, 3.05) is 19.6 Å². The fourth-order valence-electron chi connectivity index (χ4n) is 2.99. The van der Waals surface area contributed by atoms with Crippen LogP contribution in [0.25, 0.3) is 11.5 Å². The third kappa shape index (κ3) is 7.23. The lowest BCUT2D eigenvalue weighted by Gasteiger charge is -2.11. The van der Waals surface area contributed by atoms with Crippen molar-refractivity contribution in [2.24, 2.45) is 4.99 Å². The average Bonchev–Trinajstić information content (AvgIpc) is 3.24. The summed E-state index contributed by atoms with van der Waals surface area (Å²) in [6.45, 7) is 5.98. The third-order valence-corrected chi connectivity index (χ3v) is 4.59. The Balaban J connectivity index is 1.45. The quantitative estimate of drug-likeness (QED) is 0.272. The second-order valence-corrected chi connectivity index (χ2v) is 7.29. The highest BCUT2D eigenvalue weighted by molar-refractivity contribution is 5.80. The maximum Gasteiger partial charge on any atom is 0.226 e. The van der Waals surface area contributed by atoms with Crippen LogP contribution in [0, 0.1) is 12.7 Å². The zero-order valence-electron chi connectivity index (χ0n) is 18.3. The minimum atomic E-state index is -0.346.